The summed E-state index contributed by atoms with van der Waals surface area (Å²) in [6, 6.07) is 8.11. The van der Waals surface area contributed by atoms with E-state index in [0.29, 0.717) is 28.7 Å². The molecule has 2 aliphatic rings. The first kappa shape index (κ1) is 19.0. The van der Waals surface area contributed by atoms with Crippen molar-refractivity contribution in [1.82, 2.24) is 10.1 Å². The highest BCUT2D eigenvalue weighted by Gasteiger charge is 2.48. The zero-order valence-corrected chi connectivity index (χ0v) is 16.5. The van der Waals surface area contributed by atoms with Gasteiger partial charge in [-0.1, -0.05) is 35.7 Å². The van der Waals surface area contributed by atoms with Crippen LogP contribution in [0.15, 0.2) is 34.9 Å². The number of benzene rings is 1. The lowest BCUT2D eigenvalue weighted by Crippen LogP contribution is -2.46. The number of aromatic nitrogens is 1. The Bertz CT molecular complexity index is 881. The van der Waals surface area contributed by atoms with Gasteiger partial charge in [-0.25, -0.2) is 4.79 Å². The molecule has 2 heterocycles. The van der Waals surface area contributed by atoms with Crippen LogP contribution in [0.4, 0.5) is 0 Å². The van der Waals surface area contributed by atoms with E-state index in [0.717, 1.165) is 31.4 Å². The van der Waals surface area contributed by atoms with Gasteiger partial charge in [0.15, 0.2) is 12.4 Å². The summed E-state index contributed by atoms with van der Waals surface area (Å²) in [5.41, 5.74) is 1.23. The van der Waals surface area contributed by atoms with Gasteiger partial charge < -0.3 is 14.2 Å². The molecule has 1 aromatic carbocycles. The first-order chi connectivity index (χ1) is 13.5. The highest BCUT2D eigenvalue weighted by Crippen LogP contribution is 2.41. The minimum atomic E-state index is -0.580. The fourth-order valence-corrected chi connectivity index (χ4v) is 4.65. The largest absolute Gasteiger partial charge is 0.456 e. The summed E-state index contributed by atoms with van der Waals surface area (Å²) in [7, 11) is 0. The molecule has 1 aromatic heterocycles. The number of nitrogens with zero attached hydrogens (tertiary/aromatic N) is 2. The Hall–Kier alpha value is -2.34. The van der Waals surface area contributed by atoms with Crippen LogP contribution in [0.3, 0.4) is 0 Å². The molecule has 0 spiro atoms. The van der Waals surface area contributed by atoms with Crippen molar-refractivity contribution in [2.45, 2.75) is 57.7 Å². The van der Waals surface area contributed by atoms with E-state index in [2.05, 4.69) is 5.16 Å². The van der Waals surface area contributed by atoms with Crippen LogP contribution in [0.5, 0.6) is 0 Å². The number of hydrogen-bond donors (Lipinski definition) is 0. The van der Waals surface area contributed by atoms with Gasteiger partial charge in [0.25, 0.3) is 5.91 Å². The van der Waals surface area contributed by atoms with Gasteiger partial charge >= 0.3 is 5.97 Å². The number of fused-ring (bicyclic) bond motifs is 1. The lowest BCUT2D eigenvalue weighted by molar-refractivity contribution is -0.150. The Morgan fingerprint density at radius 3 is 2.86 bits per heavy atom. The standard InChI is InChI=1S/C21H23ClN2O4/c1-13-9-17(28-23-13)12-27-21(26)19-11-14-5-2-3-8-18(14)24(19)20(25)15-6-4-7-16(22)10-15/h4,6-7,9-10,14,18-19H,2-3,5,8,11-12H2,1H3/t14-,18+,19+/m1/s1. The third kappa shape index (κ3) is 3.78. The predicted octanol–water partition coefficient (Wildman–Crippen LogP) is 4.15. The molecule has 1 aliphatic carbocycles. The van der Waals surface area contributed by atoms with Crippen molar-refractivity contribution >= 4 is 23.5 Å². The van der Waals surface area contributed by atoms with Gasteiger partial charge in [0.05, 0.1) is 5.69 Å². The van der Waals surface area contributed by atoms with Crippen LogP contribution >= 0.6 is 11.6 Å². The van der Waals surface area contributed by atoms with Crippen LogP contribution in [-0.4, -0.2) is 34.0 Å². The molecule has 0 N–H and O–H groups in total. The number of likely N-dealkylation sites (tertiary alicyclic amines) is 1. The summed E-state index contributed by atoms with van der Waals surface area (Å²) in [6.45, 7) is 1.83. The van der Waals surface area contributed by atoms with Gasteiger partial charge in [0.2, 0.25) is 0 Å². The average molecular weight is 403 g/mol. The SMILES string of the molecule is Cc1cc(COC(=O)[C@@H]2C[C@H]3CCCC[C@@H]3N2C(=O)c2cccc(Cl)c2)on1. The van der Waals surface area contributed by atoms with Gasteiger partial charge in [0, 0.05) is 22.7 Å². The second kappa shape index (κ2) is 7.95. The lowest BCUT2D eigenvalue weighted by atomic mass is 9.84. The molecule has 1 amide bonds. The van der Waals surface area contributed by atoms with Crippen molar-refractivity contribution < 1.29 is 18.8 Å². The second-order valence-corrected chi connectivity index (χ2v) is 8.06. The van der Waals surface area contributed by atoms with Gasteiger partial charge in [-0.05, 0) is 50.3 Å². The first-order valence-electron chi connectivity index (χ1n) is 9.70. The van der Waals surface area contributed by atoms with Gasteiger partial charge in [-0.3, -0.25) is 4.79 Å². The highest BCUT2D eigenvalue weighted by atomic mass is 35.5. The maximum Gasteiger partial charge on any atom is 0.329 e. The lowest BCUT2D eigenvalue weighted by Gasteiger charge is -2.33. The van der Waals surface area contributed by atoms with Crippen molar-refractivity contribution in [3.05, 3.63) is 52.4 Å². The minimum absolute atomic E-state index is 0.0186. The van der Waals surface area contributed by atoms with Crippen LogP contribution in [0.1, 0.15) is 53.9 Å². The number of carbonyl (C=O) groups is 2. The molecule has 148 valence electrons. The van der Waals surface area contributed by atoms with Crippen molar-refractivity contribution in [3.8, 4) is 0 Å². The summed E-state index contributed by atoms with van der Waals surface area (Å²) < 4.78 is 10.6. The zero-order chi connectivity index (χ0) is 19.7. The van der Waals surface area contributed by atoms with E-state index in [1.807, 2.05) is 6.92 Å². The second-order valence-electron chi connectivity index (χ2n) is 7.63. The Balaban J connectivity index is 1.54. The van der Waals surface area contributed by atoms with Crippen molar-refractivity contribution in [2.75, 3.05) is 0 Å². The molecule has 28 heavy (non-hydrogen) atoms. The molecule has 1 aliphatic heterocycles. The number of carbonyl (C=O) groups excluding carboxylic acids is 2. The highest BCUT2D eigenvalue weighted by molar-refractivity contribution is 6.31. The molecular weight excluding hydrogens is 380 g/mol. The molecule has 3 atom stereocenters. The molecule has 6 nitrogen and oxygen atoms in total. The van der Waals surface area contributed by atoms with Crippen molar-refractivity contribution in [1.29, 1.82) is 0 Å². The van der Waals surface area contributed by atoms with E-state index in [1.54, 1.807) is 35.2 Å². The number of esters is 1. The molecule has 0 radical (unpaired) electrons. The van der Waals surface area contributed by atoms with Crippen LogP contribution < -0.4 is 0 Å². The topological polar surface area (TPSA) is 72.6 Å². The summed E-state index contributed by atoms with van der Waals surface area (Å²) in [5, 5.41) is 4.30. The fraction of sp³-hybridized carbons (Fsp3) is 0.476. The minimum Gasteiger partial charge on any atom is -0.456 e. The maximum atomic E-state index is 13.3. The summed E-state index contributed by atoms with van der Waals surface area (Å²) in [4.78, 5) is 27.9. The summed E-state index contributed by atoms with van der Waals surface area (Å²) in [6.07, 6.45) is 4.81. The van der Waals surface area contributed by atoms with E-state index >= 15 is 0 Å². The van der Waals surface area contributed by atoms with Gasteiger partial charge in [-0.2, -0.15) is 0 Å². The van der Waals surface area contributed by atoms with Crippen LogP contribution in [0.2, 0.25) is 5.02 Å². The van der Waals surface area contributed by atoms with E-state index in [4.69, 9.17) is 20.9 Å². The molecule has 0 unspecified atom stereocenters. The fourth-order valence-electron chi connectivity index (χ4n) is 4.46. The molecule has 4 rings (SSSR count). The summed E-state index contributed by atoms with van der Waals surface area (Å²) >= 11 is 6.07. The summed E-state index contributed by atoms with van der Waals surface area (Å²) in [5.74, 6) is 0.282. The number of aryl methyl sites for hydroxylation is 1. The van der Waals surface area contributed by atoms with E-state index in [-0.39, 0.29) is 24.5 Å². The van der Waals surface area contributed by atoms with Crippen LogP contribution in [0, 0.1) is 12.8 Å². The molecule has 7 heteroatoms. The van der Waals surface area contributed by atoms with Crippen LogP contribution in [-0.2, 0) is 16.1 Å². The monoisotopic (exact) mass is 402 g/mol. The molecule has 2 fully saturated rings. The normalized spacial score (nSPS) is 24.1. The van der Waals surface area contributed by atoms with Gasteiger partial charge in [0.1, 0.15) is 6.04 Å². The Morgan fingerprint density at radius 1 is 1.29 bits per heavy atom. The predicted molar refractivity (Wildman–Crippen MR) is 103 cm³/mol. The number of halogens is 1. The number of amides is 1. The molecule has 0 bridgehead atoms. The van der Waals surface area contributed by atoms with E-state index in [1.165, 1.54) is 0 Å². The zero-order valence-electron chi connectivity index (χ0n) is 15.8. The Kier molecular flexibility index (Phi) is 5.40. The number of ether oxygens (including phenoxy) is 1. The van der Waals surface area contributed by atoms with E-state index < -0.39 is 6.04 Å². The maximum absolute atomic E-state index is 13.3. The van der Waals surface area contributed by atoms with Crippen molar-refractivity contribution in [2.24, 2.45) is 5.92 Å². The third-order valence-corrected chi connectivity index (χ3v) is 5.93. The molecule has 1 saturated heterocycles. The quantitative estimate of drug-likeness (QED) is 0.718. The molecule has 1 saturated carbocycles. The van der Waals surface area contributed by atoms with Gasteiger partial charge in [-0.15, -0.1) is 0 Å². The molecular formula is C21H23ClN2O4. The smallest absolute Gasteiger partial charge is 0.329 e. The molecule has 2 aromatic rings. The third-order valence-electron chi connectivity index (χ3n) is 5.70. The Morgan fingerprint density at radius 2 is 2.11 bits per heavy atom. The first-order valence-corrected chi connectivity index (χ1v) is 10.1. The number of hydrogen-bond acceptors (Lipinski definition) is 5. The average Bonchev–Trinajstić information content (AvgIpc) is 3.29. The van der Waals surface area contributed by atoms with E-state index in [9.17, 15) is 9.59 Å². The number of rotatable bonds is 4. The Labute approximate surface area is 168 Å². The van der Waals surface area contributed by atoms with Crippen LogP contribution in [0.25, 0.3) is 0 Å². The van der Waals surface area contributed by atoms with Crippen molar-refractivity contribution in [3.63, 3.8) is 0 Å².